The third-order valence-electron chi connectivity index (χ3n) is 3.66. The number of hydrogen-bond donors (Lipinski definition) is 1. The monoisotopic (exact) mass is 262 g/mol. The number of piperidine rings is 1. The SMILES string of the molecule is CCOC(=O)c1cccc(N)c1N1CCC(C)CC1. The van der Waals surface area contributed by atoms with E-state index in [-0.39, 0.29) is 5.97 Å². The van der Waals surface area contributed by atoms with Crippen molar-refractivity contribution in [1.29, 1.82) is 0 Å². The van der Waals surface area contributed by atoms with Crippen molar-refractivity contribution in [1.82, 2.24) is 0 Å². The second kappa shape index (κ2) is 5.95. The van der Waals surface area contributed by atoms with Crippen LogP contribution >= 0.6 is 0 Å². The van der Waals surface area contributed by atoms with Gasteiger partial charge in [0.05, 0.1) is 23.5 Å². The Hall–Kier alpha value is -1.71. The highest BCUT2D eigenvalue weighted by Gasteiger charge is 2.23. The number of para-hydroxylation sites is 1. The number of nitrogens with two attached hydrogens (primary N) is 1. The molecule has 0 spiro atoms. The average Bonchev–Trinajstić information content (AvgIpc) is 2.40. The van der Waals surface area contributed by atoms with Gasteiger partial charge in [-0.15, -0.1) is 0 Å². The summed E-state index contributed by atoms with van der Waals surface area (Å²) in [6.45, 7) is 6.35. The lowest BCUT2D eigenvalue weighted by Crippen LogP contribution is -2.34. The van der Waals surface area contributed by atoms with Gasteiger partial charge < -0.3 is 15.4 Å². The zero-order valence-corrected chi connectivity index (χ0v) is 11.7. The second-order valence-corrected chi connectivity index (χ2v) is 5.13. The van der Waals surface area contributed by atoms with E-state index in [0.717, 1.165) is 37.5 Å². The molecule has 1 aromatic rings. The molecule has 4 heteroatoms. The Kier molecular flexibility index (Phi) is 4.30. The average molecular weight is 262 g/mol. The molecule has 4 nitrogen and oxygen atoms in total. The molecule has 0 saturated carbocycles. The molecule has 1 saturated heterocycles. The number of nitrogen functional groups attached to an aromatic ring is 1. The number of carbonyl (C=O) groups excluding carboxylic acids is 1. The Morgan fingerprint density at radius 3 is 2.74 bits per heavy atom. The lowest BCUT2D eigenvalue weighted by Gasteiger charge is -2.33. The lowest BCUT2D eigenvalue weighted by atomic mass is 9.97. The van der Waals surface area contributed by atoms with Crippen LogP contribution in [0, 0.1) is 5.92 Å². The number of hydrogen-bond acceptors (Lipinski definition) is 4. The summed E-state index contributed by atoms with van der Waals surface area (Å²) < 4.78 is 5.11. The topological polar surface area (TPSA) is 55.6 Å². The first kappa shape index (κ1) is 13.7. The molecule has 2 rings (SSSR count). The molecule has 2 N–H and O–H groups in total. The van der Waals surface area contributed by atoms with Crippen LogP contribution in [0.2, 0.25) is 0 Å². The zero-order chi connectivity index (χ0) is 13.8. The van der Waals surface area contributed by atoms with Gasteiger partial charge in [-0.3, -0.25) is 0 Å². The molecule has 0 radical (unpaired) electrons. The molecular weight excluding hydrogens is 240 g/mol. The van der Waals surface area contributed by atoms with Crippen LogP contribution in [0.25, 0.3) is 0 Å². The van der Waals surface area contributed by atoms with Crippen molar-refractivity contribution in [3.05, 3.63) is 23.8 Å². The van der Waals surface area contributed by atoms with Gasteiger partial charge in [0.25, 0.3) is 0 Å². The molecule has 104 valence electrons. The maximum atomic E-state index is 12.0. The fourth-order valence-electron chi connectivity index (χ4n) is 2.52. The molecule has 1 fully saturated rings. The standard InChI is InChI=1S/C15H22N2O2/c1-3-19-15(18)12-5-4-6-13(16)14(12)17-9-7-11(2)8-10-17/h4-6,11H,3,7-10,16H2,1-2H3. The highest BCUT2D eigenvalue weighted by molar-refractivity contribution is 5.99. The summed E-state index contributed by atoms with van der Waals surface area (Å²) in [7, 11) is 0. The van der Waals surface area contributed by atoms with Crippen LogP contribution in [0.3, 0.4) is 0 Å². The molecule has 1 aliphatic heterocycles. The van der Waals surface area contributed by atoms with Crippen LogP contribution in [-0.2, 0) is 4.74 Å². The smallest absolute Gasteiger partial charge is 0.340 e. The first-order valence-corrected chi connectivity index (χ1v) is 6.94. The van der Waals surface area contributed by atoms with E-state index in [1.54, 1.807) is 12.1 Å². The van der Waals surface area contributed by atoms with Gasteiger partial charge in [-0.2, -0.15) is 0 Å². The molecular formula is C15H22N2O2. The number of ether oxygens (including phenoxy) is 1. The maximum Gasteiger partial charge on any atom is 0.340 e. The zero-order valence-electron chi connectivity index (χ0n) is 11.7. The van der Waals surface area contributed by atoms with E-state index in [2.05, 4.69) is 11.8 Å². The van der Waals surface area contributed by atoms with E-state index < -0.39 is 0 Å². The highest BCUT2D eigenvalue weighted by Crippen LogP contribution is 2.31. The first-order chi connectivity index (χ1) is 9.13. The Morgan fingerprint density at radius 1 is 1.42 bits per heavy atom. The summed E-state index contributed by atoms with van der Waals surface area (Å²) in [6, 6.07) is 5.44. The fraction of sp³-hybridized carbons (Fsp3) is 0.533. The third kappa shape index (κ3) is 3.00. The Labute approximate surface area is 114 Å². The van der Waals surface area contributed by atoms with Crippen molar-refractivity contribution in [2.45, 2.75) is 26.7 Å². The van der Waals surface area contributed by atoms with Crippen LogP contribution in [-0.4, -0.2) is 25.7 Å². The molecule has 0 amide bonds. The van der Waals surface area contributed by atoms with Gasteiger partial charge in [0.15, 0.2) is 0 Å². The molecule has 0 bridgehead atoms. The Morgan fingerprint density at radius 2 is 2.11 bits per heavy atom. The first-order valence-electron chi connectivity index (χ1n) is 6.94. The summed E-state index contributed by atoms with van der Waals surface area (Å²) in [4.78, 5) is 14.2. The molecule has 0 unspecified atom stereocenters. The molecule has 1 aliphatic rings. The van der Waals surface area contributed by atoms with E-state index in [1.807, 2.05) is 13.0 Å². The van der Waals surface area contributed by atoms with E-state index in [9.17, 15) is 4.79 Å². The summed E-state index contributed by atoms with van der Waals surface area (Å²) in [5.41, 5.74) is 8.14. The number of rotatable bonds is 3. The number of nitrogens with zero attached hydrogens (tertiary/aromatic N) is 1. The summed E-state index contributed by atoms with van der Waals surface area (Å²) in [6.07, 6.45) is 2.27. The van der Waals surface area contributed by atoms with Crippen LogP contribution in [0.5, 0.6) is 0 Å². The summed E-state index contributed by atoms with van der Waals surface area (Å²) in [5.74, 6) is 0.454. The Bertz CT molecular complexity index is 451. The molecule has 1 aromatic carbocycles. The molecule has 0 aliphatic carbocycles. The van der Waals surface area contributed by atoms with Crippen molar-refractivity contribution in [3.63, 3.8) is 0 Å². The molecule has 1 heterocycles. The van der Waals surface area contributed by atoms with Gasteiger partial charge in [-0.05, 0) is 37.8 Å². The molecule has 19 heavy (non-hydrogen) atoms. The van der Waals surface area contributed by atoms with Gasteiger partial charge in [-0.1, -0.05) is 13.0 Å². The van der Waals surface area contributed by atoms with E-state index in [0.29, 0.717) is 17.9 Å². The van der Waals surface area contributed by atoms with Gasteiger partial charge in [0.1, 0.15) is 0 Å². The highest BCUT2D eigenvalue weighted by atomic mass is 16.5. The summed E-state index contributed by atoms with van der Waals surface area (Å²) in [5, 5.41) is 0. The third-order valence-corrected chi connectivity index (χ3v) is 3.66. The summed E-state index contributed by atoms with van der Waals surface area (Å²) >= 11 is 0. The minimum atomic E-state index is -0.288. The van der Waals surface area contributed by atoms with Crippen molar-refractivity contribution < 1.29 is 9.53 Å². The molecule has 0 atom stereocenters. The minimum absolute atomic E-state index is 0.288. The van der Waals surface area contributed by atoms with Crippen LogP contribution in [0.1, 0.15) is 37.0 Å². The number of benzene rings is 1. The minimum Gasteiger partial charge on any atom is -0.462 e. The van der Waals surface area contributed by atoms with Gasteiger partial charge in [-0.25, -0.2) is 4.79 Å². The number of esters is 1. The van der Waals surface area contributed by atoms with Crippen LogP contribution in [0.15, 0.2) is 18.2 Å². The number of carbonyl (C=O) groups is 1. The predicted octanol–water partition coefficient (Wildman–Crippen LogP) is 2.68. The number of anilines is 2. The van der Waals surface area contributed by atoms with Crippen LogP contribution < -0.4 is 10.6 Å². The quantitative estimate of drug-likeness (QED) is 0.672. The maximum absolute atomic E-state index is 12.0. The predicted molar refractivity (Wildman–Crippen MR) is 77.4 cm³/mol. The lowest BCUT2D eigenvalue weighted by molar-refractivity contribution is 0.0527. The largest absolute Gasteiger partial charge is 0.462 e. The fourth-order valence-corrected chi connectivity index (χ4v) is 2.52. The van der Waals surface area contributed by atoms with E-state index in [4.69, 9.17) is 10.5 Å². The van der Waals surface area contributed by atoms with E-state index in [1.165, 1.54) is 0 Å². The normalized spacial score (nSPS) is 16.4. The second-order valence-electron chi connectivity index (χ2n) is 5.13. The Balaban J connectivity index is 2.30. The van der Waals surface area contributed by atoms with Gasteiger partial charge >= 0.3 is 5.97 Å². The van der Waals surface area contributed by atoms with Crippen molar-refractivity contribution in [2.75, 3.05) is 30.3 Å². The van der Waals surface area contributed by atoms with Gasteiger partial charge in [0, 0.05) is 13.1 Å². The van der Waals surface area contributed by atoms with E-state index >= 15 is 0 Å². The van der Waals surface area contributed by atoms with Crippen molar-refractivity contribution in [3.8, 4) is 0 Å². The van der Waals surface area contributed by atoms with Crippen molar-refractivity contribution >= 4 is 17.3 Å². The van der Waals surface area contributed by atoms with Crippen LogP contribution in [0.4, 0.5) is 11.4 Å². The van der Waals surface area contributed by atoms with Crippen molar-refractivity contribution in [2.24, 2.45) is 5.92 Å². The molecule has 0 aromatic heterocycles. The van der Waals surface area contributed by atoms with Gasteiger partial charge in [0.2, 0.25) is 0 Å².